The van der Waals surface area contributed by atoms with Crippen LogP contribution in [0, 0.1) is 5.92 Å². The average molecular weight is 466 g/mol. The van der Waals surface area contributed by atoms with Gasteiger partial charge in [0.05, 0.1) is 6.04 Å². The molecule has 0 saturated heterocycles. The van der Waals surface area contributed by atoms with E-state index in [-0.39, 0.29) is 18.3 Å². The first kappa shape index (κ1) is 25.0. The summed E-state index contributed by atoms with van der Waals surface area (Å²) in [6.45, 7) is 5.24. The number of rotatable bonds is 11. The molecule has 8 heteroatoms. The zero-order chi connectivity index (χ0) is 24.3. The Hall–Kier alpha value is -3.68. The van der Waals surface area contributed by atoms with E-state index in [2.05, 4.69) is 27.6 Å². The quantitative estimate of drug-likeness (QED) is 0.406. The van der Waals surface area contributed by atoms with Gasteiger partial charge in [-0.2, -0.15) is 4.98 Å². The maximum Gasteiger partial charge on any atom is 0.407 e. The predicted octanol–water partition coefficient (Wildman–Crippen LogP) is 4.80. The van der Waals surface area contributed by atoms with E-state index < -0.39 is 24.2 Å². The SMILES string of the molecule is CC(=O)OC(c1noc(CCCc2ccccc2)n1)[C@@H](NC(=O)OCc1ccccc1)C(C)C. The first-order chi connectivity index (χ1) is 16.4. The highest BCUT2D eigenvalue weighted by Crippen LogP contribution is 2.25. The van der Waals surface area contributed by atoms with Crippen LogP contribution in [-0.4, -0.2) is 28.2 Å². The lowest BCUT2D eigenvalue weighted by Crippen LogP contribution is -2.44. The zero-order valence-corrected chi connectivity index (χ0v) is 19.8. The Balaban J connectivity index is 1.64. The molecule has 3 rings (SSSR count). The summed E-state index contributed by atoms with van der Waals surface area (Å²) in [5, 5.41) is 6.85. The van der Waals surface area contributed by atoms with Crippen LogP contribution in [0.1, 0.15) is 56.1 Å². The maximum atomic E-state index is 12.5. The molecule has 0 aliphatic heterocycles. The first-order valence-corrected chi connectivity index (χ1v) is 11.4. The van der Waals surface area contributed by atoms with Crippen molar-refractivity contribution in [1.29, 1.82) is 0 Å². The van der Waals surface area contributed by atoms with Gasteiger partial charge in [0.25, 0.3) is 0 Å². The Morgan fingerprint density at radius 1 is 0.971 bits per heavy atom. The first-order valence-electron chi connectivity index (χ1n) is 11.4. The molecule has 1 aromatic heterocycles. The normalized spacial score (nSPS) is 12.7. The fourth-order valence-electron chi connectivity index (χ4n) is 3.53. The third-order valence-electron chi connectivity index (χ3n) is 5.27. The Labute approximate surface area is 199 Å². The van der Waals surface area contributed by atoms with Gasteiger partial charge in [0.2, 0.25) is 11.7 Å². The van der Waals surface area contributed by atoms with Crippen LogP contribution in [0.2, 0.25) is 0 Å². The molecule has 0 saturated carbocycles. The highest BCUT2D eigenvalue weighted by Gasteiger charge is 2.34. The number of carbonyl (C=O) groups is 2. The number of aryl methyl sites for hydroxylation is 2. The Bertz CT molecular complexity index is 1040. The lowest BCUT2D eigenvalue weighted by molar-refractivity contribution is -0.149. The van der Waals surface area contributed by atoms with Crippen molar-refractivity contribution in [3.05, 3.63) is 83.5 Å². The Morgan fingerprint density at radius 3 is 2.24 bits per heavy atom. The molecule has 0 aliphatic rings. The van der Waals surface area contributed by atoms with E-state index in [1.807, 2.05) is 62.4 Å². The van der Waals surface area contributed by atoms with Gasteiger partial charge in [0.1, 0.15) is 6.61 Å². The molecule has 1 amide bonds. The van der Waals surface area contributed by atoms with Gasteiger partial charge < -0.3 is 19.3 Å². The second-order valence-corrected chi connectivity index (χ2v) is 8.39. The Kier molecular flexibility index (Phi) is 9.20. The molecule has 3 aromatic rings. The summed E-state index contributed by atoms with van der Waals surface area (Å²) in [5.41, 5.74) is 2.10. The molecule has 0 aliphatic carbocycles. The molecule has 8 nitrogen and oxygen atoms in total. The van der Waals surface area contributed by atoms with Crippen LogP contribution >= 0.6 is 0 Å². The smallest absolute Gasteiger partial charge is 0.407 e. The lowest BCUT2D eigenvalue weighted by atomic mass is 9.98. The summed E-state index contributed by atoms with van der Waals surface area (Å²) in [7, 11) is 0. The molecule has 0 spiro atoms. The maximum absolute atomic E-state index is 12.5. The number of carbonyl (C=O) groups excluding carboxylic acids is 2. The van der Waals surface area contributed by atoms with Crippen LogP contribution in [-0.2, 0) is 33.7 Å². The summed E-state index contributed by atoms with van der Waals surface area (Å²) in [6, 6.07) is 18.9. The molecule has 1 N–H and O–H groups in total. The average Bonchev–Trinajstić information content (AvgIpc) is 3.29. The minimum atomic E-state index is -0.909. The molecular weight excluding hydrogens is 434 g/mol. The predicted molar refractivity (Wildman–Crippen MR) is 126 cm³/mol. The summed E-state index contributed by atoms with van der Waals surface area (Å²) in [5.74, 6) is 0.0587. The molecule has 34 heavy (non-hydrogen) atoms. The number of hydrogen-bond acceptors (Lipinski definition) is 7. The van der Waals surface area contributed by atoms with Crippen molar-refractivity contribution < 1.29 is 23.6 Å². The van der Waals surface area contributed by atoms with Crippen molar-refractivity contribution in [3.63, 3.8) is 0 Å². The zero-order valence-electron chi connectivity index (χ0n) is 19.8. The van der Waals surface area contributed by atoms with Crippen molar-refractivity contribution in [1.82, 2.24) is 15.5 Å². The van der Waals surface area contributed by atoms with Crippen molar-refractivity contribution in [2.45, 2.75) is 58.8 Å². The molecule has 1 unspecified atom stereocenters. The van der Waals surface area contributed by atoms with Gasteiger partial charge in [-0.3, -0.25) is 4.79 Å². The number of hydrogen-bond donors (Lipinski definition) is 1. The third kappa shape index (κ3) is 7.72. The van der Waals surface area contributed by atoms with E-state index >= 15 is 0 Å². The van der Waals surface area contributed by atoms with Gasteiger partial charge in [-0.15, -0.1) is 0 Å². The number of alkyl carbamates (subject to hydrolysis) is 1. The fourth-order valence-corrected chi connectivity index (χ4v) is 3.53. The standard InChI is InChI=1S/C26H31N3O5/c1-18(2)23(28-26(31)32-17-21-13-8-5-9-14-21)24(33-19(3)30)25-27-22(34-29-25)16-10-15-20-11-6-4-7-12-20/h4-9,11-14,18,23-24H,10,15-17H2,1-3H3,(H,28,31)/t23-,24?/m0/s1. The molecule has 0 fully saturated rings. The van der Waals surface area contributed by atoms with Crippen LogP contribution < -0.4 is 5.32 Å². The summed E-state index contributed by atoms with van der Waals surface area (Å²) in [6.07, 6.45) is 0.782. The monoisotopic (exact) mass is 465 g/mol. The molecular formula is C26H31N3O5. The second kappa shape index (κ2) is 12.5. The second-order valence-electron chi connectivity index (χ2n) is 8.39. The summed E-state index contributed by atoms with van der Waals surface area (Å²) < 4.78 is 16.3. The molecule has 2 atom stereocenters. The van der Waals surface area contributed by atoms with Crippen molar-refractivity contribution >= 4 is 12.1 Å². The lowest BCUT2D eigenvalue weighted by Gasteiger charge is -2.28. The molecule has 180 valence electrons. The number of esters is 1. The largest absolute Gasteiger partial charge is 0.452 e. The highest BCUT2D eigenvalue weighted by atomic mass is 16.6. The van der Waals surface area contributed by atoms with E-state index in [0.717, 1.165) is 18.4 Å². The van der Waals surface area contributed by atoms with Gasteiger partial charge in [-0.05, 0) is 29.9 Å². The minimum absolute atomic E-state index is 0.103. The van der Waals surface area contributed by atoms with E-state index in [4.69, 9.17) is 14.0 Å². The van der Waals surface area contributed by atoms with Gasteiger partial charge in [-0.25, -0.2) is 4.79 Å². The summed E-state index contributed by atoms with van der Waals surface area (Å²) in [4.78, 5) is 28.8. The van der Waals surface area contributed by atoms with Gasteiger partial charge >= 0.3 is 12.1 Å². The third-order valence-corrected chi connectivity index (χ3v) is 5.27. The number of nitrogens with one attached hydrogen (secondary N) is 1. The van der Waals surface area contributed by atoms with Crippen LogP contribution in [0.15, 0.2) is 65.2 Å². The van der Waals surface area contributed by atoms with E-state index in [1.54, 1.807) is 0 Å². The van der Waals surface area contributed by atoms with Crippen LogP contribution in [0.4, 0.5) is 4.79 Å². The molecule has 1 heterocycles. The minimum Gasteiger partial charge on any atom is -0.452 e. The van der Waals surface area contributed by atoms with Crippen LogP contribution in [0.5, 0.6) is 0 Å². The van der Waals surface area contributed by atoms with E-state index in [0.29, 0.717) is 12.3 Å². The number of amides is 1. The van der Waals surface area contributed by atoms with E-state index in [9.17, 15) is 9.59 Å². The fraction of sp³-hybridized carbons (Fsp3) is 0.385. The molecule has 2 aromatic carbocycles. The van der Waals surface area contributed by atoms with Gasteiger partial charge in [0, 0.05) is 13.3 Å². The van der Waals surface area contributed by atoms with Crippen molar-refractivity contribution in [2.75, 3.05) is 0 Å². The van der Waals surface area contributed by atoms with Crippen molar-refractivity contribution in [2.24, 2.45) is 5.92 Å². The summed E-state index contributed by atoms with van der Waals surface area (Å²) >= 11 is 0. The number of benzene rings is 2. The highest BCUT2D eigenvalue weighted by molar-refractivity contribution is 5.68. The number of aromatic nitrogens is 2. The van der Waals surface area contributed by atoms with Crippen LogP contribution in [0.25, 0.3) is 0 Å². The number of ether oxygens (including phenoxy) is 2. The van der Waals surface area contributed by atoms with Gasteiger partial charge in [-0.1, -0.05) is 79.7 Å². The topological polar surface area (TPSA) is 104 Å². The molecule has 0 radical (unpaired) electrons. The Morgan fingerprint density at radius 2 is 1.62 bits per heavy atom. The molecule has 0 bridgehead atoms. The van der Waals surface area contributed by atoms with Crippen LogP contribution in [0.3, 0.4) is 0 Å². The number of nitrogens with zero attached hydrogens (tertiary/aromatic N) is 2. The van der Waals surface area contributed by atoms with Crippen molar-refractivity contribution in [3.8, 4) is 0 Å². The van der Waals surface area contributed by atoms with Gasteiger partial charge in [0.15, 0.2) is 6.10 Å². The van der Waals surface area contributed by atoms with E-state index in [1.165, 1.54) is 12.5 Å².